The van der Waals surface area contributed by atoms with E-state index in [1.54, 1.807) is 12.4 Å². The second kappa shape index (κ2) is 4.83. The molecule has 0 spiro atoms. The van der Waals surface area contributed by atoms with Crippen LogP contribution in [0.4, 0.5) is 0 Å². The van der Waals surface area contributed by atoms with Gasteiger partial charge in [-0.1, -0.05) is 6.07 Å². The highest BCUT2D eigenvalue weighted by Gasteiger charge is 2.03. The van der Waals surface area contributed by atoms with Gasteiger partial charge in [-0.05, 0) is 12.1 Å². The molecule has 90 valence electrons. The molecule has 2 N–H and O–H groups in total. The Labute approximate surface area is 104 Å². The minimum atomic E-state index is 0.721. The Morgan fingerprint density at radius 3 is 1.83 bits per heavy atom. The molecule has 0 bridgehead atoms. The van der Waals surface area contributed by atoms with Gasteiger partial charge in [-0.2, -0.15) is 0 Å². The molecule has 3 heterocycles. The predicted molar refractivity (Wildman–Crippen MR) is 67.0 cm³/mol. The maximum Gasteiger partial charge on any atom is 0.112 e. The van der Waals surface area contributed by atoms with Crippen molar-refractivity contribution in [1.29, 1.82) is 0 Å². The number of rotatable bonds is 4. The Kier molecular flexibility index (Phi) is 2.87. The summed E-state index contributed by atoms with van der Waals surface area (Å²) in [4.78, 5) is 19.2. The van der Waals surface area contributed by atoms with E-state index in [2.05, 4.69) is 24.9 Å². The van der Waals surface area contributed by atoms with Crippen molar-refractivity contribution in [3.05, 3.63) is 66.0 Å². The highest BCUT2D eigenvalue weighted by molar-refractivity contribution is 5.17. The van der Waals surface area contributed by atoms with E-state index in [9.17, 15) is 0 Å². The highest BCUT2D eigenvalue weighted by Crippen LogP contribution is 2.07. The zero-order chi connectivity index (χ0) is 12.2. The number of hydrogen-bond donors (Lipinski definition) is 2. The molecule has 3 aromatic heterocycles. The topological polar surface area (TPSA) is 70.2 Å². The molecule has 3 rings (SSSR count). The van der Waals surface area contributed by atoms with Gasteiger partial charge in [0.15, 0.2) is 0 Å². The lowest BCUT2D eigenvalue weighted by Gasteiger charge is -2.02. The normalized spacial score (nSPS) is 10.7. The summed E-state index contributed by atoms with van der Waals surface area (Å²) < 4.78 is 0. The molecule has 0 radical (unpaired) electrons. The first-order chi connectivity index (χ1) is 8.90. The summed E-state index contributed by atoms with van der Waals surface area (Å²) in [6.07, 6.45) is 8.59. The lowest BCUT2D eigenvalue weighted by molar-refractivity contribution is 0.919. The number of hydrogen-bond acceptors (Lipinski definition) is 3. The summed E-state index contributed by atoms with van der Waals surface area (Å²) in [5, 5.41) is 0. The average molecular weight is 239 g/mol. The smallest absolute Gasteiger partial charge is 0.112 e. The van der Waals surface area contributed by atoms with Gasteiger partial charge in [0.1, 0.15) is 11.6 Å². The van der Waals surface area contributed by atoms with Gasteiger partial charge in [-0.25, -0.2) is 9.97 Å². The first-order valence-corrected chi connectivity index (χ1v) is 5.81. The van der Waals surface area contributed by atoms with Crippen LogP contribution in [0.5, 0.6) is 0 Å². The Bertz CT molecular complexity index is 547. The second-order valence-electron chi connectivity index (χ2n) is 4.05. The van der Waals surface area contributed by atoms with Crippen LogP contribution < -0.4 is 0 Å². The van der Waals surface area contributed by atoms with Gasteiger partial charge in [-0.3, -0.25) is 4.98 Å². The predicted octanol–water partition coefficient (Wildman–Crippen LogP) is 1.71. The van der Waals surface area contributed by atoms with Crippen LogP contribution in [0.3, 0.4) is 0 Å². The van der Waals surface area contributed by atoms with Crippen molar-refractivity contribution in [1.82, 2.24) is 24.9 Å². The van der Waals surface area contributed by atoms with Gasteiger partial charge in [0.05, 0.1) is 0 Å². The molecule has 0 atom stereocenters. The van der Waals surface area contributed by atoms with Crippen molar-refractivity contribution in [3.8, 4) is 0 Å². The summed E-state index contributed by atoms with van der Waals surface area (Å²) in [7, 11) is 0. The summed E-state index contributed by atoms with van der Waals surface area (Å²) in [6, 6.07) is 6.03. The fourth-order valence-electron chi connectivity index (χ4n) is 1.86. The molecule has 0 aliphatic carbocycles. The maximum atomic E-state index is 4.60. The SMILES string of the molecule is c1cc(Cc2ncc[nH]2)nc(Cc2ncc[nH]2)c1. The first-order valence-electron chi connectivity index (χ1n) is 5.81. The van der Waals surface area contributed by atoms with Gasteiger partial charge in [0.25, 0.3) is 0 Å². The molecule has 0 amide bonds. The number of imidazole rings is 2. The Balaban J connectivity index is 1.76. The number of nitrogens with zero attached hydrogens (tertiary/aromatic N) is 3. The lowest BCUT2D eigenvalue weighted by atomic mass is 10.2. The van der Waals surface area contributed by atoms with E-state index in [4.69, 9.17) is 0 Å². The maximum absolute atomic E-state index is 4.60. The van der Waals surface area contributed by atoms with Crippen LogP contribution in [-0.4, -0.2) is 24.9 Å². The summed E-state index contributed by atoms with van der Waals surface area (Å²) in [6.45, 7) is 0. The third-order valence-corrected chi connectivity index (χ3v) is 2.67. The number of aromatic nitrogens is 5. The van der Waals surface area contributed by atoms with Crippen LogP contribution in [-0.2, 0) is 12.8 Å². The Morgan fingerprint density at radius 1 is 0.833 bits per heavy atom. The van der Waals surface area contributed by atoms with Gasteiger partial charge in [0.2, 0.25) is 0 Å². The van der Waals surface area contributed by atoms with Gasteiger partial charge in [0, 0.05) is 49.0 Å². The number of aromatic amines is 2. The van der Waals surface area contributed by atoms with Crippen molar-refractivity contribution in [3.63, 3.8) is 0 Å². The van der Waals surface area contributed by atoms with Gasteiger partial charge < -0.3 is 9.97 Å². The zero-order valence-electron chi connectivity index (χ0n) is 9.80. The van der Waals surface area contributed by atoms with E-state index in [1.807, 2.05) is 30.6 Å². The van der Waals surface area contributed by atoms with E-state index in [0.717, 1.165) is 35.9 Å². The molecule has 5 heteroatoms. The van der Waals surface area contributed by atoms with E-state index in [1.165, 1.54) is 0 Å². The molecule has 0 unspecified atom stereocenters. The molecule has 0 saturated carbocycles. The number of nitrogens with one attached hydrogen (secondary N) is 2. The third-order valence-electron chi connectivity index (χ3n) is 2.67. The van der Waals surface area contributed by atoms with E-state index in [-0.39, 0.29) is 0 Å². The highest BCUT2D eigenvalue weighted by atomic mass is 14.9. The van der Waals surface area contributed by atoms with Crippen molar-refractivity contribution in [2.24, 2.45) is 0 Å². The molecular formula is C13H13N5. The molecule has 0 aliphatic rings. The third kappa shape index (κ3) is 2.45. The van der Waals surface area contributed by atoms with Crippen LogP contribution in [0.15, 0.2) is 43.0 Å². The van der Waals surface area contributed by atoms with E-state index in [0.29, 0.717) is 0 Å². The molecule has 0 aromatic carbocycles. The summed E-state index contributed by atoms with van der Waals surface area (Å²) >= 11 is 0. The number of pyridine rings is 1. The summed E-state index contributed by atoms with van der Waals surface area (Å²) in [5.41, 5.74) is 2.02. The standard InChI is InChI=1S/C13H13N5/c1-2-10(8-12-14-4-5-15-12)18-11(3-1)9-13-16-6-7-17-13/h1-7H,8-9H2,(H,14,15)(H,16,17). The molecule has 5 nitrogen and oxygen atoms in total. The monoisotopic (exact) mass is 239 g/mol. The number of H-pyrrole nitrogens is 2. The molecule has 3 aromatic rings. The average Bonchev–Trinajstić information content (AvgIpc) is 3.03. The van der Waals surface area contributed by atoms with Crippen LogP contribution in [0.25, 0.3) is 0 Å². The summed E-state index contributed by atoms with van der Waals surface area (Å²) in [5.74, 6) is 1.86. The molecular weight excluding hydrogens is 226 g/mol. The minimum Gasteiger partial charge on any atom is -0.348 e. The minimum absolute atomic E-state index is 0.721. The van der Waals surface area contributed by atoms with Crippen molar-refractivity contribution in [2.45, 2.75) is 12.8 Å². The Morgan fingerprint density at radius 2 is 1.39 bits per heavy atom. The van der Waals surface area contributed by atoms with Crippen molar-refractivity contribution < 1.29 is 0 Å². The molecule has 0 aliphatic heterocycles. The van der Waals surface area contributed by atoms with Gasteiger partial charge in [-0.15, -0.1) is 0 Å². The van der Waals surface area contributed by atoms with E-state index >= 15 is 0 Å². The van der Waals surface area contributed by atoms with Crippen LogP contribution in [0.2, 0.25) is 0 Å². The Hall–Kier alpha value is -2.43. The lowest BCUT2D eigenvalue weighted by Crippen LogP contribution is -1.99. The zero-order valence-corrected chi connectivity index (χ0v) is 9.80. The first kappa shape index (κ1) is 10.7. The van der Waals surface area contributed by atoms with Crippen molar-refractivity contribution in [2.75, 3.05) is 0 Å². The van der Waals surface area contributed by atoms with Gasteiger partial charge >= 0.3 is 0 Å². The van der Waals surface area contributed by atoms with E-state index < -0.39 is 0 Å². The molecule has 18 heavy (non-hydrogen) atoms. The largest absolute Gasteiger partial charge is 0.348 e. The molecule has 0 saturated heterocycles. The van der Waals surface area contributed by atoms with Crippen LogP contribution in [0.1, 0.15) is 23.0 Å². The fourth-order valence-corrected chi connectivity index (χ4v) is 1.86. The second-order valence-corrected chi connectivity index (χ2v) is 4.05. The van der Waals surface area contributed by atoms with Crippen molar-refractivity contribution >= 4 is 0 Å². The molecule has 0 fully saturated rings. The van der Waals surface area contributed by atoms with Crippen LogP contribution >= 0.6 is 0 Å². The van der Waals surface area contributed by atoms with Crippen LogP contribution in [0, 0.1) is 0 Å². The quantitative estimate of drug-likeness (QED) is 0.728. The fraction of sp³-hybridized carbons (Fsp3) is 0.154.